The molecule has 2 fully saturated rings. The Labute approximate surface area is 168 Å². The summed E-state index contributed by atoms with van der Waals surface area (Å²) in [6, 6.07) is 0. The summed E-state index contributed by atoms with van der Waals surface area (Å²) in [7, 11) is 1.89. The first kappa shape index (κ1) is 18.1. The number of morpholine rings is 1. The normalized spacial score (nSPS) is 20.3. The van der Waals surface area contributed by atoms with Crippen LogP contribution in [0.2, 0.25) is 0 Å². The summed E-state index contributed by atoms with van der Waals surface area (Å²) in [6.07, 6.45) is 4.75. The predicted octanol–water partition coefficient (Wildman–Crippen LogP) is 1.79. The van der Waals surface area contributed by atoms with Crippen molar-refractivity contribution < 1.29 is 9.53 Å². The average Bonchev–Trinajstić information content (AvgIpc) is 3.12. The van der Waals surface area contributed by atoms with Crippen LogP contribution in [0.25, 0.3) is 11.2 Å². The lowest BCUT2D eigenvalue weighted by Gasteiger charge is -2.33. The van der Waals surface area contributed by atoms with E-state index in [9.17, 15) is 4.79 Å². The highest BCUT2D eigenvalue weighted by molar-refractivity contribution is 5.88. The van der Waals surface area contributed by atoms with E-state index in [1.807, 2.05) is 33.3 Å². The average molecular weight is 393 g/mol. The van der Waals surface area contributed by atoms with Crippen molar-refractivity contribution in [1.29, 1.82) is 0 Å². The summed E-state index contributed by atoms with van der Waals surface area (Å²) in [4.78, 5) is 32.7. The molecular weight excluding hydrogens is 370 g/mol. The van der Waals surface area contributed by atoms with E-state index in [0.29, 0.717) is 49.7 Å². The van der Waals surface area contributed by atoms with Crippen molar-refractivity contribution in [3.8, 4) is 0 Å². The Morgan fingerprint density at radius 2 is 1.90 bits per heavy atom. The van der Waals surface area contributed by atoms with Crippen LogP contribution in [0.1, 0.15) is 47.5 Å². The molecule has 3 aromatic rings. The van der Waals surface area contributed by atoms with Crippen LogP contribution in [-0.4, -0.2) is 55.2 Å². The number of anilines is 1. The number of hydrogen-bond acceptors (Lipinski definition) is 8. The molecule has 9 heteroatoms. The minimum Gasteiger partial charge on any atom is -0.370 e. The van der Waals surface area contributed by atoms with Gasteiger partial charge in [0.1, 0.15) is 17.4 Å². The lowest BCUT2D eigenvalue weighted by Crippen LogP contribution is -2.39. The van der Waals surface area contributed by atoms with Crippen molar-refractivity contribution in [3.63, 3.8) is 0 Å². The summed E-state index contributed by atoms with van der Waals surface area (Å²) in [5.74, 6) is 0.989. The number of hydrogen-bond donors (Lipinski definition) is 0. The van der Waals surface area contributed by atoms with E-state index in [4.69, 9.17) is 19.7 Å². The molecule has 1 aliphatic carbocycles. The molecule has 5 rings (SSSR count). The first-order valence-electron chi connectivity index (χ1n) is 9.87. The first-order valence-corrected chi connectivity index (χ1v) is 9.87. The summed E-state index contributed by atoms with van der Waals surface area (Å²) < 4.78 is 7.73. The molecule has 1 saturated heterocycles. The molecule has 4 heterocycles. The smallest absolute Gasteiger partial charge is 0.227 e. The molecule has 0 radical (unpaired) electrons. The van der Waals surface area contributed by atoms with Crippen molar-refractivity contribution in [2.75, 3.05) is 24.6 Å². The van der Waals surface area contributed by atoms with Gasteiger partial charge in [0.05, 0.1) is 36.4 Å². The minimum absolute atomic E-state index is 0.0867. The molecule has 1 atom stereocenters. The maximum atomic E-state index is 11.6. The van der Waals surface area contributed by atoms with Gasteiger partial charge in [-0.05, 0) is 13.8 Å². The first-order chi connectivity index (χ1) is 14.0. The molecule has 150 valence electrons. The van der Waals surface area contributed by atoms with Crippen molar-refractivity contribution in [1.82, 2.24) is 29.7 Å². The number of Topliss-reactive ketones (excluding diaryl/α,β-unsaturated/α-hetero) is 1. The van der Waals surface area contributed by atoms with Crippen LogP contribution in [0, 0.1) is 13.8 Å². The SMILES string of the molecule is Cc1nc2nc(N3CCO[C@@H](c4cnn(C)c4)C3)nc(C3CC(=O)C3)c2nc1C. The maximum absolute atomic E-state index is 11.6. The number of ketones is 1. The van der Waals surface area contributed by atoms with Crippen LogP contribution in [0.3, 0.4) is 0 Å². The van der Waals surface area contributed by atoms with E-state index in [1.54, 1.807) is 4.68 Å². The number of nitrogens with zero attached hydrogens (tertiary/aromatic N) is 7. The van der Waals surface area contributed by atoms with Crippen LogP contribution in [0.5, 0.6) is 0 Å². The molecule has 29 heavy (non-hydrogen) atoms. The Kier molecular flexibility index (Phi) is 4.27. The van der Waals surface area contributed by atoms with Gasteiger partial charge in [-0.1, -0.05) is 0 Å². The molecule has 1 aliphatic heterocycles. The number of aryl methyl sites for hydroxylation is 3. The number of ether oxygens (including phenoxy) is 1. The van der Waals surface area contributed by atoms with E-state index in [0.717, 1.165) is 22.6 Å². The van der Waals surface area contributed by atoms with Gasteiger partial charge >= 0.3 is 0 Å². The largest absolute Gasteiger partial charge is 0.370 e. The highest BCUT2D eigenvalue weighted by atomic mass is 16.5. The predicted molar refractivity (Wildman–Crippen MR) is 106 cm³/mol. The molecule has 9 nitrogen and oxygen atoms in total. The molecule has 0 aromatic carbocycles. The second kappa shape index (κ2) is 6.84. The summed E-state index contributed by atoms with van der Waals surface area (Å²) >= 11 is 0. The monoisotopic (exact) mass is 393 g/mol. The van der Waals surface area contributed by atoms with Gasteiger partial charge < -0.3 is 9.64 Å². The Morgan fingerprint density at radius 3 is 2.62 bits per heavy atom. The molecular formula is C20H23N7O2. The molecule has 0 N–H and O–H groups in total. The third-order valence-corrected chi connectivity index (χ3v) is 5.74. The van der Waals surface area contributed by atoms with Crippen LogP contribution in [0.15, 0.2) is 12.4 Å². The van der Waals surface area contributed by atoms with Gasteiger partial charge in [-0.15, -0.1) is 0 Å². The third-order valence-electron chi connectivity index (χ3n) is 5.74. The van der Waals surface area contributed by atoms with Gasteiger partial charge in [0, 0.05) is 44.1 Å². The lowest BCUT2D eigenvalue weighted by molar-refractivity contribution is -0.124. The molecule has 3 aromatic heterocycles. The lowest BCUT2D eigenvalue weighted by atomic mass is 9.81. The molecule has 0 unspecified atom stereocenters. The van der Waals surface area contributed by atoms with E-state index in [-0.39, 0.29) is 17.8 Å². The van der Waals surface area contributed by atoms with E-state index < -0.39 is 0 Å². The Hall–Kier alpha value is -2.94. The fourth-order valence-electron chi connectivity index (χ4n) is 3.87. The van der Waals surface area contributed by atoms with Crippen molar-refractivity contribution in [3.05, 3.63) is 35.0 Å². The van der Waals surface area contributed by atoms with Crippen molar-refractivity contribution in [2.24, 2.45) is 7.05 Å². The van der Waals surface area contributed by atoms with Gasteiger partial charge in [0.15, 0.2) is 5.65 Å². The molecule has 0 amide bonds. The maximum Gasteiger partial charge on any atom is 0.227 e. The summed E-state index contributed by atoms with van der Waals surface area (Å²) in [5, 5.41) is 4.25. The van der Waals surface area contributed by atoms with Gasteiger partial charge in [-0.3, -0.25) is 9.48 Å². The standard InChI is InChI=1S/C20H23N7O2/c1-11-12(2)23-19-18(22-11)17(13-6-15(28)7-13)24-20(25-19)27-4-5-29-16(10-27)14-8-21-26(3)9-14/h8-9,13,16H,4-7,10H2,1-3H3/t16-/m1/s1. The highest BCUT2D eigenvalue weighted by Gasteiger charge is 2.33. The van der Waals surface area contributed by atoms with Gasteiger partial charge in [-0.25, -0.2) is 15.0 Å². The zero-order valence-electron chi connectivity index (χ0n) is 16.8. The summed E-state index contributed by atoms with van der Waals surface area (Å²) in [5.41, 5.74) is 4.90. The van der Waals surface area contributed by atoms with Gasteiger partial charge in [0.25, 0.3) is 0 Å². The van der Waals surface area contributed by atoms with Crippen LogP contribution in [-0.2, 0) is 16.6 Å². The Bertz CT molecular complexity index is 1100. The second-order valence-corrected chi connectivity index (χ2v) is 7.87. The fourth-order valence-corrected chi connectivity index (χ4v) is 3.87. The van der Waals surface area contributed by atoms with E-state index in [1.165, 1.54) is 0 Å². The topological polar surface area (TPSA) is 98.9 Å². The van der Waals surface area contributed by atoms with Crippen LogP contribution in [0.4, 0.5) is 5.95 Å². The molecule has 0 bridgehead atoms. The Balaban J connectivity index is 1.53. The number of rotatable bonds is 3. The minimum atomic E-state index is -0.0867. The fraction of sp³-hybridized carbons (Fsp3) is 0.500. The number of carbonyl (C=O) groups excluding carboxylic acids is 1. The molecule has 0 spiro atoms. The number of fused-ring (bicyclic) bond motifs is 1. The van der Waals surface area contributed by atoms with E-state index >= 15 is 0 Å². The second-order valence-electron chi connectivity index (χ2n) is 7.87. The molecule has 2 aliphatic rings. The van der Waals surface area contributed by atoms with Gasteiger partial charge in [-0.2, -0.15) is 10.1 Å². The quantitative estimate of drug-likeness (QED) is 0.664. The van der Waals surface area contributed by atoms with Gasteiger partial charge in [0.2, 0.25) is 5.95 Å². The molecule has 1 saturated carbocycles. The zero-order chi connectivity index (χ0) is 20.1. The highest BCUT2D eigenvalue weighted by Crippen LogP contribution is 2.36. The number of carbonyl (C=O) groups is 1. The third kappa shape index (κ3) is 3.25. The Morgan fingerprint density at radius 1 is 1.10 bits per heavy atom. The van der Waals surface area contributed by atoms with Crippen LogP contribution < -0.4 is 4.90 Å². The summed E-state index contributed by atoms with van der Waals surface area (Å²) in [6.45, 7) is 5.79. The van der Waals surface area contributed by atoms with Crippen molar-refractivity contribution in [2.45, 2.75) is 38.7 Å². The van der Waals surface area contributed by atoms with E-state index in [2.05, 4.69) is 15.0 Å². The number of aromatic nitrogens is 6. The zero-order valence-corrected chi connectivity index (χ0v) is 16.8. The van der Waals surface area contributed by atoms with Crippen molar-refractivity contribution >= 4 is 22.9 Å². The van der Waals surface area contributed by atoms with Crippen LogP contribution >= 0.6 is 0 Å².